The second-order valence-corrected chi connectivity index (χ2v) is 6.71. The van der Waals surface area contributed by atoms with Gasteiger partial charge < -0.3 is 22.1 Å². The number of phenolic OH excluding ortho intramolecular Hbond substituents is 1. The predicted molar refractivity (Wildman–Crippen MR) is 82.0 cm³/mol. The Morgan fingerprint density at radius 3 is 2.43 bits per heavy atom. The lowest BCUT2D eigenvalue weighted by Crippen LogP contribution is -3.00. The van der Waals surface area contributed by atoms with Crippen LogP contribution in [-0.4, -0.2) is 15.1 Å². The van der Waals surface area contributed by atoms with Gasteiger partial charge in [0.25, 0.3) is 5.13 Å². The monoisotopic (exact) mass is 383 g/mol. The number of quaternary nitrogens is 1. The van der Waals surface area contributed by atoms with Crippen LogP contribution in [0.5, 0.6) is 5.75 Å². The van der Waals surface area contributed by atoms with Gasteiger partial charge >= 0.3 is 0 Å². The molecule has 3 rings (SSSR count). The van der Waals surface area contributed by atoms with Gasteiger partial charge in [-0.1, -0.05) is 11.3 Å². The van der Waals surface area contributed by atoms with Crippen molar-refractivity contribution in [3.63, 3.8) is 0 Å². The number of rotatable bonds is 3. The molecule has 0 saturated carbocycles. The van der Waals surface area contributed by atoms with E-state index in [2.05, 4.69) is 9.97 Å². The van der Waals surface area contributed by atoms with E-state index in [4.69, 9.17) is 0 Å². The molecule has 2 aromatic heterocycles. The SMILES string of the molecule is Cc1nc(C)c(-c2cnc([NH2+]c3ccc(O)cc3)s2)s1.[Br-]. The fraction of sp³-hybridized carbons (Fsp3) is 0.143. The molecule has 0 aliphatic carbocycles. The van der Waals surface area contributed by atoms with Gasteiger partial charge in [0.1, 0.15) is 11.4 Å². The summed E-state index contributed by atoms with van der Waals surface area (Å²) < 4.78 is 0. The van der Waals surface area contributed by atoms with Gasteiger partial charge in [0.15, 0.2) is 0 Å². The summed E-state index contributed by atoms with van der Waals surface area (Å²) in [5, 5.41) is 13.3. The smallest absolute Gasteiger partial charge is 0.288 e. The molecule has 3 N–H and O–H groups in total. The van der Waals surface area contributed by atoms with E-state index in [1.54, 1.807) is 34.8 Å². The average molecular weight is 384 g/mol. The third-order valence-corrected chi connectivity index (χ3v) is 5.03. The second-order valence-electron chi connectivity index (χ2n) is 4.45. The summed E-state index contributed by atoms with van der Waals surface area (Å²) in [6.45, 7) is 4.05. The molecule has 21 heavy (non-hydrogen) atoms. The van der Waals surface area contributed by atoms with Crippen LogP contribution in [0.25, 0.3) is 9.75 Å². The Morgan fingerprint density at radius 1 is 1.10 bits per heavy atom. The van der Waals surface area contributed by atoms with Crippen LogP contribution in [0, 0.1) is 13.8 Å². The van der Waals surface area contributed by atoms with Crippen LogP contribution in [0.4, 0.5) is 10.8 Å². The number of aromatic nitrogens is 2. The number of nitrogens with two attached hydrogens (primary N) is 1. The van der Waals surface area contributed by atoms with Crippen molar-refractivity contribution < 1.29 is 27.4 Å². The van der Waals surface area contributed by atoms with E-state index < -0.39 is 0 Å². The largest absolute Gasteiger partial charge is 1.00 e. The van der Waals surface area contributed by atoms with Gasteiger partial charge in [0.05, 0.1) is 26.7 Å². The van der Waals surface area contributed by atoms with Crippen LogP contribution in [0.3, 0.4) is 0 Å². The van der Waals surface area contributed by atoms with Crippen LogP contribution in [0.15, 0.2) is 30.5 Å². The Hall–Kier alpha value is -1.28. The topological polar surface area (TPSA) is 62.6 Å². The molecular weight excluding hydrogens is 370 g/mol. The molecule has 4 nitrogen and oxygen atoms in total. The molecule has 0 unspecified atom stereocenters. The molecule has 0 atom stereocenters. The van der Waals surface area contributed by atoms with E-state index in [0.717, 1.165) is 26.4 Å². The molecule has 3 aromatic rings. The maximum absolute atomic E-state index is 9.28. The molecule has 0 radical (unpaired) electrons. The normalized spacial score (nSPS) is 10.4. The van der Waals surface area contributed by atoms with Crippen LogP contribution in [0.2, 0.25) is 0 Å². The van der Waals surface area contributed by atoms with Crippen molar-refractivity contribution in [1.29, 1.82) is 0 Å². The molecule has 0 fully saturated rings. The summed E-state index contributed by atoms with van der Waals surface area (Å²) in [5.41, 5.74) is 2.09. The fourth-order valence-electron chi connectivity index (χ4n) is 1.93. The van der Waals surface area contributed by atoms with Crippen LogP contribution in [0.1, 0.15) is 10.7 Å². The van der Waals surface area contributed by atoms with E-state index in [9.17, 15) is 5.11 Å². The molecule has 0 bridgehead atoms. The van der Waals surface area contributed by atoms with E-state index >= 15 is 0 Å². The highest BCUT2D eigenvalue weighted by Crippen LogP contribution is 2.34. The van der Waals surface area contributed by atoms with E-state index in [0.29, 0.717) is 0 Å². The Labute approximate surface area is 141 Å². The zero-order valence-electron chi connectivity index (χ0n) is 11.5. The Kier molecular flexibility index (Phi) is 5.10. The molecular formula is C14H14BrN3OS2. The second kappa shape index (κ2) is 6.65. The molecule has 0 amide bonds. The number of thiazole rings is 2. The first kappa shape index (κ1) is 16.1. The summed E-state index contributed by atoms with van der Waals surface area (Å²) in [4.78, 5) is 11.2. The quantitative estimate of drug-likeness (QED) is 0.498. The summed E-state index contributed by atoms with van der Waals surface area (Å²) in [6, 6.07) is 7.10. The first-order valence-corrected chi connectivity index (χ1v) is 7.79. The maximum Gasteiger partial charge on any atom is 0.288 e. The van der Waals surface area contributed by atoms with E-state index in [1.807, 2.05) is 37.5 Å². The highest BCUT2D eigenvalue weighted by Gasteiger charge is 2.13. The summed E-state index contributed by atoms with van der Waals surface area (Å²) in [5.74, 6) is 0.276. The zero-order chi connectivity index (χ0) is 14.1. The molecule has 1 aromatic carbocycles. The first-order chi connectivity index (χ1) is 9.61. The third kappa shape index (κ3) is 3.68. The average Bonchev–Trinajstić information content (AvgIpc) is 2.99. The number of hydrogen-bond acceptors (Lipinski definition) is 5. The van der Waals surface area contributed by atoms with Crippen LogP contribution >= 0.6 is 22.7 Å². The van der Waals surface area contributed by atoms with Gasteiger partial charge in [0.2, 0.25) is 0 Å². The highest BCUT2D eigenvalue weighted by molar-refractivity contribution is 7.23. The summed E-state index contributed by atoms with van der Waals surface area (Å²) in [7, 11) is 0. The fourth-order valence-corrected chi connectivity index (χ4v) is 3.88. The van der Waals surface area contributed by atoms with Gasteiger partial charge in [-0.05, 0) is 26.0 Å². The molecule has 0 aliphatic heterocycles. The number of hydrogen-bond donors (Lipinski definition) is 2. The lowest BCUT2D eigenvalue weighted by atomic mass is 10.3. The zero-order valence-corrected chi connectivity index (χ0v) is 14.7. The van der Waals surface area contributed by atoms with E-state index in [-0.39, 0.29) is 22.7 Å². The Morgan fingerprint density at radius 2 is 1.81 bits per heavy atom. The van der Waals surface area contributed by atoms with Crippen molar-refractivity contribution in [1.82, 2.24) is 9.97 Å². The van der Waals surface area contributed by atoms with Crippen molar-refractivity contribution in [3.05, 3.63) is 41.2 Å². The van der Waals surface area contributed by atoms with Crippen molar-refractivity contribution in [2.24, 2.45) is 0 Å². The van der Waals surface area contributed by atoms with E-state index in [1.165, 1.54) is 4.88 Å². The Balaban J connectivity index is 0.00000161. The van der Waals surface area contributed by atoms with Crippen molar-refractivity contribution >= 4 is 33.5 Å². The minimum absolute atomic E-state index is 0. The Bertz CT molecular complexity index is 737. The van der Waals surface area contributed by atoms with Gasteiger partial charge in [-0.15, -0.1) is 11.3 Å². The van der Waals surface area contributed by atoms with Crippen LogP contribution < -0.4 is 22.3 Å². The summed E-state index contributed by atoms with van der Waals surface area (Å²) in [6.07, 6.45) is 1.90. The number of aromatic hydroxyl groups is 1. The molecule has 0 spiro atoms. The summed E-state index contributed by atoms with van der Waals surface area (Å²) >= 11 is 3.36. The third-order valence-electron chi connectivity index (χ3n) is 2.83. The van der Waals surface area contributed by atoms with Crippen molar-refractivity contribution in [3.8, 4) is 15.5 Å². The van der Waals surface area contributed by atoms with Crippen molar-refractivity contribution in [2.45, 2.75) is 13.8 Å². The molecule has 2 heterocycles. The number of aryl methyl sites for hydroxylation is 2. The molecule has 0 saturated heterocycles. The maximum atomic E-state index is 9.28. The van der Waals surface area contributed by atoms with Gasteiger partial charge in [-0.2, -0.15) is 4.98 Å². The van der Waals surface area contributed by atoms with Crippen LogP contribution in [-0.2, 0) is 0 Å². The molecule has 110 valence electrons. The number of halogens is 1. The number of nitrogens with zero attached hydrogens (tertiary/aromatic N) is 2. The molecule has 7 heteroatoms. The predicted octanol–water partition coefficient (Wildman–Crippen LogP) is 0.120. The molecule has 0 aliphatic rings. The van der Waals surface area contributed by atoms with Gasteiger partial charge in [0, 0.05) is 12.1 Å². The highest BCUT2D eigenvalue weighted by atomic mass is 79.9. The number of phenols is 1. The minimum Gasteiger partial charge on any atom is -1.00 e. The van der Waals surface area contributed by atoms with Crippen molar-refractivity contribution in [2.75, 3.05) is 0 Å². The first-order valence-electron chi connectivity index (χ1n) is 6.16. The van der Waals surface area contributed by atoms with Gasteiger partial charge in [-0.3, -0.25) is 5.32 Å². The minimum atomic E-state index is 0. The lowest BCUT2D eigenvalue weighted by molar-refractivity contribution is -0.478. The lowest BCUT2D eigenvalue weighted by Gasteiger charge is -1.95. The van der Waals surface area contributed by atoms with Gasteiger partial charge in [-0.25, -0.2) is 4.98 Å². The standard InChI is InChI=1S/C14H13N3OS2.BrH/c1-8-13(19-9(2)16-8)12-7-15-14(20-12)17-10-3-5-11(18)6-4-10;/h3-7,18H,1-2H3,(H,15,17);1H. The number of benzene rings is 1.